The fourth-order valence-corrected chi connectivity index (χ4v) is 1.97. The molecule has 0 heterocycles. The van der Waals surface area contributed by atoms with Crippen LogP contribution in [0.5, 0.6) is 0 Å². The molecule has 0 saturated heterocycles. The zero-order valence-electron chi connectivity index (χ0n) is 11.6. The summed E-state index contributed by atoms with van der Waals surface area (Å²) in [6, 6.07) is 0. The van der Waals surface area contributed by atoms with Gasteiger partial charge in [-0.2, -0.15) is 11.8 Å². The summed E-state index contributed by atoms with van der Waals surface area (Å²) in [4.78, 5) is 11.6. The number of amides is 1. The van der Waals surface area contributed by atoms with Gasteiger partial charge in [-0.05, 0) is 23.5 Å². The van der Waals surface area contributed by atoms with Crippen LogP contribution >= 0.6 is 11.8 Å². The average Bonchev–Trinajstić information content (AvgIpc) is 2.21. The molecule has 0 radical (unpaired) electrons. The molecule has 1 unspecified atom stereocenters. The third-order valence-electron chi connectivity index (χ3n) is 2.99. The predicted molar refractivity (Wildman–Crippen MR) is 75.3 cm³/mol. The Morgan fingerprint density at radius 1 is 1.35 bits per heavy atom. The Balaban J connectivity index is 3.53. The van der Waals surface area contributed by atoms with Gasteiger partial charge >= 0.3 is 0 Å². The fraction of sp³-hybridized carbons (Fsp3) is 0.923. The standard InChI is InChI=1S/C13H27NO2S/c1-11(13(2,3)4)10-12(16)14-6-9-17-8-5-7-15/h11,15H,5-10H2,1-4H3,(H,14,16). The Bertz CT molecular complexity index is 214. The normalized spacial score (nSPS) is 13.5. The molecule has 1 amide bonds. The van der Waals surface area contributed by atoms with Crippen molar-refractivity contribution in [2.75, 3.05) is 24.7 Å². The van der Waals surface area contributed by atoms with Crippen LogP contribution in [0.2, 0.25) is 0 Å². The molecule has 4 heteroatoms. The van der Waals surface area contributed by atoms with Gasteiger partial charge in [0.15, 0.2) is 0 Å². The van der Waals surface area contributed by atoms with E-state index in [1.165, 1.54) is 0 Å². The lowest BCUT2D eigenvalue weighted by Gasteiger charge is -2.26. The van der Waals surface area contributed by atoms with Gasteiger partial charge in [0, 0.05) is 25.3 Å². The molecule has 0 aromatic rings. The highest BCUT2D eigenvalue weighted by molar-refractivity contribution is 7.99. The zero-order valence-corrected chi connectivity index (χ0v) is 12.4. The van der Waals surface area contributed by atoms with Crippen LogP contribution in [0.1, 0.15) is 40.5 Å². The molecule has 0 aromatic heterocycles. The number of nitrogens with one attached hydrogen (secondary N) is 1. The summed E-state index contributed by atoms with van der Waals surface area (Å²) in [5, 5.41) is 11.5. The van der Waals surface area contributed by atoms with E-state index in [1.807, 2.05) is 0 Å². The molecule has 0 spiro atoms. The van der Waals surface area contributed by atoms with E-state index in [4.69, 9.17) is 5.11 Å². The molecule has 0 aliphatic carbocycles. The number of hydrogen-bond donors (Lipinski definition) is 2. The first-order valence-corrected chi connectivity index (χ1v) is 7.48. The summed E-state index contributed by atoms with van der Waals surface area (Å²) in [7, 11) is 0. The smallest absolute Gasteiger partial charge is 0.220 e. The van der Waals surface area contributed by atoms with Gasteiger partial charge < -0.3 is 10.4 Å². The second-order valence-corrected chi connectivity index (χ2v) is 6.74. The second kappa shape index (κ2) is 8.81. The molecule has 0 rings (SSSR count). The maximum Gasteiger partial charge on any atom is 0.220 e. The molecule has 3 nitrogen and oxygen atoms in total. The van der Waals surface area contributed by atoms with E-state index in [2.05, 4.69) is 33.0 Å². The Labute approximate surface area is 110 Å². The first-order valence-electron chi connectivity index (χ1n) is 6.33. The highest BCUT2D eigenvalue weighted by atomic mass is 32.2. The maximum atomic E-state index is 11.6. The topological polar surface area (TPSA) is 49.3 Å². The van der Waals surface area contributed by atoms with Gasteiger partial charge in [-0.15, -0.1) is 0 Å². The molecule has 0 saturated carbocycles. The monoisotopic (exact) mass is 261 g/mol. The van der Waals surface area contributed by atoms with Crippen LogP contribution in [0.3, 0.4) is 0 Å². The molecule has 17 heavy (non-hydrogen) atoms. The lowest BCUT2D eigenvalue weighted by molar-refractivity contribution is -0.122. The van der Waals surface area contributed by atoms with Gasteiger partial charge in [0.1, 0.15) is 0 Å². The molecular formula is C13H27NO2S. The first-order chi connectivity index (χ1) is 7.88. The van der Waals surface area contributed by atoms with Crippen molar-refractivity contribution in [2.24, 2.45) is 11.3 Å². The maximum absolute atomic E-state index is 11.6. The van der Waals surface area contributed by atoms with Gasteiger partial charge in [-0.3, -0.25) is 4.79 Å². The highest BCUT2D eigenvalue weighted by Crippen LogP contribution is 2.27. The Hall–Kier alpha value is -0.220. The second-order valence-electron chi connectivity index (χ2n) is 5.51. The van der Waals surface area contributed by atoms with Gasteiger partial charge in [-0.25, -0.2) is 0 Å². The number of hydrogen-bond acceptors (Lipinski definition) is 3. The minimum absolute atomic E-state index is 0.148. The SMILES string of the molecule is CC(CC(=O)NCCSCCCO)C(C)(C)C. The summed E-state index contributed by atoms with van der Waals surface area (Å²) < 4.78 is 0. The zero-order chi connectivity index (χ0) is 13.3. The number of carbonyl (C=O) groups is 1. The van der Waals surface area contributed by atoms with E-state index in [-0.39, 0.29) is 17.9 Å². The molecule has 0 bridgehead atoms. The summed E-state index contributed by atoms with van der Waals surface area (Å²) in [6.07, 6.45) is 1.43. The van der Waals surface area contributed by atoms with Crippen molar-refractivity contribution in [3.05, 3.63) is 0 Å². The van der Waals surface area contributed by atoms with Crippen molar-refractivity contribution < 1.29 is 9.90 Å². The van der Waals surface area contributed by atoms with Crippen LogP contribution in [0.15, 0.2) is 0 Å². The fourth-order valence-electron chi connectivity index (χ4n) is 1.19. The van der Waals surface area contributed by atoms with E-state index in [1.54, 1.807) is 11.8 Å². The van der Waals surface area contributed by atoms with Crippen molar-refractivity contribution in [1.82, 2.24) is 5.32 Å². The van der Waals surface area contributed by atoms with Gasteiger partial charge in [-0.1, -0.05) is 27.7 Å². The lowest BCUT2D eigenvalue weighted by Crippen LogP contribution is -2.30. The average molecular weight is 261 g/mol. The number of thioether (sulfide) groups is 1. The van der Waals surface area contributed by atoms with Gasteiger partial charge in [0.25, 0.3) is 0 Å². The van der Waals surface area contributed by atoms with Gasteiger partial charge in [0.05, 0.1) is 0 Å². The summed E-state index contributed by atoms with van der Waals surface area (Å²) in [5.41, 5.74) is 0.188. The van der Waals surface area contributed by atoms with Gasteiger partial charge in [0.2, 0.25) is 5.91 Å². The third kappa shape index (κ3) is 9.48. The van der Waals surface area contributed by atoms with Crippen LogP contribution in [0.4, 0.5) is 0 Å². The minimum Gasteiger partial charge on any atom is -0.396 e. The number of carbonyl (C=O) groups excluding carboxylic acids is 1. The van der Waals surface area contributed by atoms with Crippen LogP contribution in [-0.4, -0.2) is 35.7 Å². The minimum atomic E-state index is 0.148. The number of aliphatic hydroxyl groups is 1. The molecule has 0 fully saturated rings. The quantitative estimate of drug-likeness (QED) is 0.659. The molecule has 0 aromatic carbocycles. The molecule has 102 valence electrons. The van der Waals surface area contributed by atoms with E-state index < -0.39 is 0 Å². The Morgan fingerprint density at radius 2 is 2.00 bits per heavy atom. The molecule has 0 aliphatic heterocycles. The molecule has 1 atom stereocenters. The van der Waals surface area contributed by atoms with Crippen molar-refractivity contribution >= 4 is 17.7 Å². The third-order valence-corrected chi connectivity index (χ3v) is 4.06. The van der Waals surface area contributed by atoms with E-state index >= 15 is 0 Å². The summed E-state index contributed by atoms with van der Waals surface area (Å²) in [6.45, 7) is 9.59. The van der Waals surface area contributed by atoms with Crippen molar-refractivity contribution in [1.29, 1.82) is 0 Å². The van der Waals surface area contributed by atoms with Crippen LogP contribution < -0.4 is 5.32 Å². The largest absolute Gasteiger partial charge is 0.396 e. The van der Waals surface area contributed by atoms with E-state index in [0.29, 0.717) is 12.3 Å². The van der Waals surface area contributed by atoms with Crippen LogP contribution in [0.25, 0.3) is 0 Å². The number of rotatable bonds is 8. The van der Waals surface area contributed by atoms with Crippen LogP contribution in [-0.2, 0) is 4.79 Å². The van der Waals surface area contributed by atoms with Crippen molar-refractivity contribution in [3.8, 4) is 0 Å². The molecule has 0 aliphatic rings. The lowest BCUT2D eigenvalue weighted by atomic mass is 9.80. The predicted octanol–water partition coefficient (Wildman–Crippen LogP) is 2.29. The molecular weight excluding hydrogens is 234 g/mol. The van der Waals surface area contributed by atoms with E-state index in [0.717, 1.165) is 24.5 Å². The molecule has 2 N–H and O–H groups in total. The van der Waals surface area contributed by atoms with Crippen molar-refractivity contribution in [2.45, 2.75) is 40.5 Å². The van der Waals surface area contributed by atoms with E-state index in [9.17, 15) is 4.79 Å². The summed E-state index contributed by atoms with van der Waals surface area (Å²) >= 11 is 1.77. The number of aliphatic hydroxyl groups excluding tert-OH is 1. The Kier molecular flexibility index (Phi) is 8.70. The highest BCUT2D eigenvalue weighted by Gasteiger charge is 2.22. The summed E-state index contributed by atoms with van der Waals surface area (Å²) in [5.74, 6) is 2.43. The Morgan fingerprint density at radius 3 is 2.53 bits per heavy atom. The first kappa shape index (κ1) is 16.8. The van der Waals surface area contributed by atoms with Crippen LogP contribution in [0, 0.1) is 11.3 Å². The van der Waals surface area contributed by atoms with Crippen molar-refractivity contribution in [3.63, 3.8) is 0 Å².